The van der Waals surface area contributed by atoms with Crippen molar-refractivity contribution < 1.29 is 18.3 Å². The maximum absolute atomic E-state index is 11.5. The quantitative estimate of drug-likeness (QED) is 0.602. The van der Waals surface area contributed by atoms with Crippen LogP contribution in [-0.4, -0.2) is 17.4 Å². The minimum absolute atomic E-state index is 0.493. The van der Waals surface area contributed by atoms with Crippen molar-refractivity contribution in [2.24, 2.45) is 0 Å². The zero-order valence-electron chi connectivity index (χ0n) is 5.52. The normalized spacial score (nSPS) is 16.1. The van der Waals surface area contributed by atoms with Gasteiger partial charge in [-0.25, -0.2) is 0 Å². The Bertz CT molecular complexity index is 117. The minimum Gasteiger partial charge on any atom is -0.380 e. The van der Waals surface area contributed by atoms with Crippen molar-refractivity contribution in [3.05, 3.63) is 12.2 Å². The van der Waals surface area contributed by atoms with E-state index in [1.165, 1.54) is 6.08 Å². The Morgan fingerprint density at radius 2 is 2.00 bits per heavy atom. The van der Waals surface area contributed by atoms with Gasteiger partial charge in [0.25, 0.3) is 0 Å². The van der Waals surface area contributed by atoms with E-state index in [0.29, 0.717) is 6.42 Å². The van der Waals surface area contributed by atoms with Gasteiger partial charge in [0.15, 0.2) is 6.10 Å². The van der Waals surface area contributed by atoms with Crippen LogP contribution in [0.25, 0.3) is 0 Å². The minimum atomic E-state index is -4.52. The molecule has 0 saturated heterocycles. The standard InChI is InChI=1S/C6H9F3O/c1-2-3-4-5(10)6(7,8)9/h3-5,10H,2H2,1H3/b4-3+. The summed E-state index contributed by atoms with van der Waals surface area (Å²) in [5, 5.41) is 8.30. The highest BCUT2D eigenvalue weighted by Gasteiger charge is 2.35. The lowest BCUT2D eigenvalue weighted by molar-refractivity contribution is -0.187. The van der Waals surface area contributed by atoms with Crippen LogP contribution in [0.5, 0.6) is 0 Å². The summed E-state index contributed by atoms with van der Waals surface area (Å²) in [7, 11) is 0. The Labute approximate surface area is 57.2 Å². The fraction of sp³-hybridized carbons (Fsp3) is 0.667. The lowest BCUT2D eigenvalue weighted by Gasteiger charge is -2.08. The zero-order chi connectivity index (χ0) is 8.20. The number of alkyl halides is 3. The van der Waals surface area contributed by atoms with Crippen molar-refractivity contribution in [3.63, 3.8) is 0 Å². The van der Waals surface area contributed by atoms with Gasteiger partial charge in [0.2, 0.25) is 0 Å². The number of hydrogen-bond acceptors (Lipinski definition) is 1. The van der Waals surface area contributed by atoms with Crippen LogP contribution in [0.2, 0.25) is 0 Å². The first-order valence-corrected chi connectivity index (χ1v) is 2.90. The maximum atomic E-state index is 11.5. The Morgan fingerprint density at radius 1 is 1.50 bits per heavy atom. The summed E-state index contributed by atoms with van der Waals surface area (Å²) in [6, 6.07) is 0. The second-order valence-electron chi connectivity index (χ2n) is 1.82. The number of halogens is 3. The van der Waals surface area contributed by atoms with Crippen LogP contribution in [-0.2, 0) is 0 Å². The third kappa shape index (κ3) is 3.50. The molecule has 60 valence electrons. The van der Waals surface area contributed by atoms with Crippen molar-refractivity contribution in [1.29, 1.82) is 0 Å². The first-order valence-electron chi connectivity index (χ1n) is 2.90. The lowest BCUT2D eigenvalue weighted by atomic mass is 10.3. The van der Waals surface area contributed by atoms with Crippen LogP contribution in [0.3, 0.4) is 0 Å². The molecule has 0 aliphatic rings. The van der Waals surface area contributed by atoms with E-state index in [0.717, 1.165) is 6.08 Å². The van der Waals surface area contributed by atoms with E-state index >= 15 is 0 Å². The van der Waals surface area contributed by atoms with Crippen molar-refractivity contribution >= 4 is 0 Å². The van der Waals surface area contributed by atoms with E-state index in [2.05, 4.69) is 0 Å². The smallest absolute Gasteiger partial charge is 0.380 e. The molecule has 4 heteroatoms. The van der Waals surface area contributed by atoms with Crippen LogP contribution < -0.4 is 0 Å². The second-order valence-corrected chi connectivity index (χ2v) is 1.82. The van der Waals surface area contributed by atoms with Gasteiger partial charge in [-0.2, -0.15) is 13.2 Å². The summed E-state index contributed by atoms with van der Waals surface area (Å²) in [6.07, 6.45) is -4.33. The first-order chi connectivity index (χ1) is 4.48. The third-order valence-corrected chi connectivity index (χ3v) is 0.889. The number of aliphatic hydroxyl groups excluding tert-OH is 1. The molecule has 0 spiro atoms. The van der Waals surface area contributed by atoms with Gasteiger partial charge in [-0.3, -0.25) is 0 Å². The number of rotatable bonds is 2. The monoisotopic (exact) mass is 154 g/mol. The van der Waals surface area contributed by atoms with E-state index in [4.69, 9.17) is 5.11 Å². The molecule has 0 bridgehead atoms. The first kappa shape index (κ1) is 9.49. The topological polar surface area (TPSA) is 20.2 Å². The molecule has 0 aliphatic carbocycles. The molecule has 0 radical (unpaired) electrons. The van der Waals surface area contributed by atoms with Crippen LogP contribution in [0, 0.1) is 0 Å². The summed E-state index contributed by atoms with van der Waals surface area (Å²) in [6.45, 7) is 1.69. The van der Waals surface area contributed by atoms with Crippen molar-refractivity contribution in [3.8, 4) is 0 Å². The van der Waals surface area contributed by atoms with Crippen LogP contribution in [0.1, 0.15) is 13.3 Å². The van der Waals surface area contributed by atoms with Gasteiger partial charge in [-0.1, -0.05) is 19.1 Å². The van der Waals surface area contributed by atoms with E-state index in [1.54, 1.807) is 6.92 Å². The SMILES string of the molecule is CC/C=C/C(O)C(F)(F)F. The molecule has 0 heterocycles. The predicted molar refractivity (Wildman–Crippen MR) is 31.5 cm³/mol. The molecule has 0 aliphatic heterocycles. The largest absolute Gasteiger partial charge is 0.417 e. The van der Waals surface area contributed by atoms with Gasteiger partial charge in [0, 0.05) is 0 Å². The Morgan fingerprint density at radius 3 is 2.30 bits per heavy atom. The van der Waals surface area contributed by atoms with Gasteiger partial charge in [-0.15, -0.1) is 0 Å². The number of hydrogen-bond donors (Lipinski definition) is 1. The molecule has 1 unspecified atom stereocenters. The van der Waals surface area contributed by atoms with Gasteiger partial charge >= 0.3 is 6.18 Å². The third-order valence-electron chi connectivity index (χ3n) is 0.889. The van der Waals surface area contributed by atoms with Gasteiger partial charge < -0.3 is 5.11 Å². The molecule has 1 N–H and O–H groups in total. The summed E-state index contributed by atoms with van der Waals surface area (Å²) >= 11 is 0. The highest BCUT2D eigenvalue weighted by molar-refractivity contribution is 4.91. The molecule has 0 aromatic carbocycles. The molecular formula is C6H9F3O. The molecule has 0 amide bonds. The van der Waals surface area contributed by atoms with E-state index in [1.807, 2.05) is 0 Å². The average molecular weight is 154 g/mol. The van der Waals surface area contributed by atoms with Crippen LogP contribution in [0.15, 0.2) is 12.2 Å². The highest BCUT2D eigenvalue weighted by atomic mass is 19.4. The molecule has 0 rings (SSSR count). The molecule has 0 saturated carbocycles. The molecular weight excluding hydrogens is 145 g/mol. The second kappa shape index (κ2) is 3.61. The molecule has 1 nitrogen and oxygen atoms in total. The molecule has 10 heavy (non-hydrogen) atoms. The number of aliphatic hydroxyl groups is 1. The van der Waals surface area contributed by atoms with E-state index in [9.17, 15) is 13.2 Å². The zero-order valence-corrected chi connectivity index (χ0v) is 5.52. The predicted octanol–water partition coefficient (Wildman–Crippen LogP) is 1.88. The maximum Gasteiger partial charge on any atom is 0.417 e. The van der Waals surface area contributed by atoms with Crippen LogP contribution in [0.4, 0.5) is 13.2 Å². The van der Waals surface area contributed by atoms with E-state index in [-0.39, 0.29) is 0 Å². The average Bonchev–Trinajstić information content (AvgIpc) is 1.80. The Kier molecular flexibility index (Phi) is 3.42. The molecule has 0 aromatic heterocycles. The van der Waals surface area contributed by atoms with Crippen LogP contribution >= 0.6 is 0 Å². The van der Waals surface area contributed by atoms with Crippen molar-refractivity contribution in [1.82, 2.24) is 0 Å². The van der Waals surface area contributed by atoms with E-state index < -0.39 is 12.3 Å². The molecule has 0 fully saturated rings. The fourth-order valence-corrected chi connectivity index (χ4v) is 0.374. The molecule has 1 atom stereocenters. The summed E-state index contributed by atoms with van der Waals surface area (Å²) in [4.78, 5) is 0. The fourth-order valence-electron chi connectivity index (χ4n) is 0.374. The lowest BCUT2D eigenvalue weighted by Crippen LogP contribution is -2.25. The Hall–Kier alpha value is -0.510. The highest BCUT2D eigenvalue weighted by Crippen LogP contribution is 2.20. The number of allylic oxidation sites excluding steroid dienone is 1. The summed E-state index contributed by atoms with van der Waals surface area (Å²) in [5.74, 6) is 0. The molecule has 0 aromatic rings. The van der Waals surface area contributed by atoms with Gasteiger partial charge in [0.1, 0.15) is 0 Å². The summed E-state index contributed by atoms with van der Waals surface area (Å²) < 4.78 is 34.4. The van der Waals surface area contributed by atoms with Gasteiger partial charge in [0.05, 0.1) is 0 Å². The van der Waals surface area contributed by atoms with Crippen molar-refractivity contribution in [2.75, 3.05) is 0 Å². The van der Waals surface area contributed by atoms with Crippen molar-refractivity contribution in [2.45, 2.75) is 25.6 Å². The summed E-state index contributed by atoms with van der Waals surface area (Å²) in [5.41, 5.74) is 0. The van der Waals surface area contributed by atoms with Gasteiger partial charge in [-0.05, 0) is 6.42 Å². The Balaban J connectivity index is 3.84.